The van der Waals surface area contributed by atoms with Gasteiger partial charge in [0.1, 0.15) is 48.0 Å². The van der Waals surface area contributed by atoms with Crippen molar-refractivity contribution in [1.29, 1.82) is 10.5 Å². The van der Waals surface area contributed by atoms with Gasteiger partial charge in [-0.1, -0.05) is 72.8 Å². The number of carbonyl (C=O) groups excluding carboxylic acids is 2. The van der Waals surface area contributed by atoms with Crippen LogP contribution in [0.5, 0.6) is 11.5 Å². The van der Waals surface area contributed by atoms with Crippen LogP contribution in [0.4, 0.5) is 11.4 Å². The van der Waals surface area contributed by atoms with Gasteiger partial charge >= 0.3 is 11.9 Å². The highest BCUT2D eigenvalue weighted by atomic mass is 16.5. The first-order chi connectivity index (χ1) is 29.7. The van der Waals surface area contributed by atoms with Crippen molar-refractivity contribution in [3.63, 3.8) is 0 Å². The van der Waals surface area contributed by atoms with Crippen LogP contribution in [0.1, 0.15) is 53.6 Å². The van der Waals surface area contributed by atoms with Gasteiger partial charge in [-0.3, -0.25) is 0 Å². The summed E-state index contributed by atoms with van der Waals surface area (Å²) in [5.41, 5.74) is 8.16. The van der Waals surface area contributed by atoms with E-state index >= 15 is 0 Å². The molecular formula is C51H50N4O6. The first-order valence-corrected chi connectivity index (χ1v) is 20.4. The third-order valence-electron chi connectivity index (χ3n) is 10.9. The summed E-state index contributed by atoms with van der Waals surface area (Å²) in [4.78, 5) is 28.2. The number of nitriles is 2. The molecule has 0 unspecified atom stereocenters. The summed E-state index contributed by atoms with van der Waals surface area (Å²) in [6.07, 6.45) is 5.00. The number of nitrogens with zero attached hydrogens (tertiary/aromatic N) is 4. The lowest BCUT2D eigenvalue weighted by Gasteiger charge is -2.32. The Morgan fingerprint density at radius 2 is 1.05 bits per heavy atom. The van der Waals surface area contributed by atoms with E-state index < -0.39 is 11.9 Å². The van der Waals surface area contributed by atoms with E-state index in [1.54, 1.807) is 13.8 Å². The molecule has 0 heterocycles. The van der Waals surface area contributed by atoms with Crippen LogP contribution in [-0.2, 0) is 30.9 Å². The summed E-state index contributed by atoms with van der Waals surface area (Å²) in [6.45, 7) is 6.11. The molecule has 0 saturated heterocycles. The molecule has 0 fully saturated rings. The lowest BCUT2D eigenvalue weighted by Crippen LogP contribution is -2.26. The van der Waals surface area contributed by atoms with E-state index in [0.717, 1.165) is 46.8 Å². The second kappa shape index (κ2) is 20.6. The predicted octanol–water partition coefficient (Wildman–Crippen LogP) is 8.94. The van der Waals surface area contributed by atoms with Crippen LogP contribution in [0.15, 0.2) is 132 Å². The first-order valence-electron chi connectivity index (χ1n) is 20.4. The van der Waals surface area contributed by atoms with Crippen LogP contribution in [-0.4, -0.2) is 65.6 Å². The fourth-order valence-electron chi connectivity index (χ4n) is 7.58. The number of hydrogen-bond donors (Lipinski definition) is 0. The van der Waals surface area contributed by atoms with Gasteiger partial charge in [-0.25, -0.2) is 9.59 Å². The van der Waals surface area contributed by atoms with E-state index in [9.17, 15) is 20.1 Å². The van der Waals surface area contributed by atoms with Crippen molar-refractivity contribution in [2.24, 2.45) is 0 Å². The maximum absolute atomic E-state index is 12.0. The molecule has 5 aromatic rings. The van der Waals surface area contributed by atoms with Crippen molar-refractivity contribution in [2.45, 2.75) is 32.1 Å². The summed E-state index contributed by atoms with van der Waals surface area (Å²) in [6, 6.07) is 44.8. The molecule has 0 amide bonds. The molecule has 0 bridgehead atoms. The lowest BCUT2D eigenvalue weighted by atomic mass is 9.70. The largest absolute Gasteiger partial charge is 0.492 e. The molecule has 10 nitrogen and oxygen atoms in total. The van der Waals surface area contributed by atoms with Crippen molar-refractivity contribution >= 4 is 35.5 Å². The van der Waals surface area contributed by atoms with Gasteiger partial charge in [-0.15, -0.1) is 0 Å². The molecule has 61 heavy (non-hydrogen) atoms. The zero-order valence-electron chi connectivity index (χ0n) is 35.1. The second-order valence-electron chi connectivity index (χ2n) is 14.6. The molecular weight excluding hydrogens is 765 g/mol. The quantitative estimate of drug-likeness (QED) is 0.0481. The molecule has 0 N–H and O–H groups in total. The number of benzene rings is 5. The van der Waals surface area contributed by atoms with Crippen LogP contribution in [0.2, 0.25) is 0 Å². The SMILES string of the molecule is CCOC(=O)C(C#N)=Cc1ccc(N(C)CCOc2ccc(C3(c4ccc(OCCN(C)c5ccc(C=C(C#N)C(=O)OCC)cc5)cc4)CCc4ccccc43)cc2)cc1. The van der Waals surface area contributed by atoms with E-state index in [0.29, 0.717) is 26.3 Å². The molecule has 5 aromatic carbocycles. The Hall–Kier alpha value is -7.30. The Bertz CT molecular complexity index is 2280. The molecule has 10 heteroatoms. The zero-order valence-corrected chi connectivity index (χ0v) is 35.1. The number of esters is 2. The Kier molecular flexibility index (Phi) is 14.6. The molecule has 0 atom stereocenters. The monoisotopic (exact) mass is 814 g/mol. The van der Waals surface area contributed by atoms with Gasteiger partial charge < -0.3 is 28.7 Å². The van der Waals surface area contributed by atoms with Crippen LogP contribution in [0, 0.1) is 22.7 Å². The molecule has 6 rings (SSSR count). The number of aryl methyl sites for hydroxylation is 1. The Morgan fingerprint density at radius 3 is 1.46 bits per heavy atom. The Labute approximate surface area is 358 Å². The first kappa shape index (κ1) is 43.3. The average Bonchev–Trinajstić information content (AvgIpc) is 3.68. The van der Waals surface area contributed by atoms with E-state index in [1.165, 1.54) is 34.4 Å². The van der Waals surface area contributed by atoms with Crippen LogP contribution >= 0.6 is 0 Å². The van der Waals surface area contributed by atoms with Crippen LogP contribution < -0.4 is 19.3 Å². The smallest absolute Gasteiger partial charge is 0.348 e. The predicted molar refractivity (Wildman–Crippen MR) is 238 cm³/mol. The number of anilines is 2. The highest BCUT2D eigenvalue weighted by Gasteiger charge is 2.41. The molecule has 0 radical (unpaired) electrons. The third-order valence-corrected chi connectivity index (χ3v) is 10.9. The van der Waals surface area contributed by atoms with E-state index in [1.807, 2.05) is 74.8 Å². The molecule has 310 valence electrons. The summed E-state index contributed by atoms with van der Waals surface area (Å²) in [7, 11) is 3.99. The summed E-state index contributed by atoms with van der Waals surface area (Å²) in [5.74, 6) is 0.344. The second-order valence-corrected chi connectivity index (χ2v) is 14.6. The van der Waals surface area contributed by atoms with Gasteiger partial charge in [0.05, 0.1) is 26.3 Å². The fraction of sp³-hybridized carbons (Fsp3) is 0.255. The topological polar surface area (TPSA) is 125 Å². The molecule has 0 spiro atoms. The number of fused-ring (bicyclic) bond motifs is 1. The number of carbonyl (C=O) groups is 2. The maximum atomic E-state index is 12.0. The number of rotatable bonds is 18. The molecule has 1 aliphatic carbocycles. The minimum absolute atomic E-state index is 0.0343. The minimum Gasteiger partial charge on any atom is -0.492 e. The van der Waals surface area contributed by atoms with E-state index in [-0.39, 0.29) is 29.8 Å². The highest BCUT2D eigenvalue weighted by molar-refractivity contribution is 5.98. The summed E-state index contributed by atoms with van der Waals surface area (Å²) in [5, 5.41) is 18.7. The number of likely N-dealkylation sites (N-methyl/N-ethyl adjacent to an activating group) is 2. The van der Waals surface area contributed by atoms with Crippen molar-refractivity contribution in [3.8, 4) is 23.6 Å². The number of hydrogen-bond acceptors (Lipinski definition) is 10. The van der Waals surface area contributed by atoms with Gasteiger partial charge in [0.25, 0.3) is 0 Å². The van der Waals surface area contributed by atoms with Crippen molar-refractivity contribution in [1.82, 2.24) is 0 Å². The molecule has 1 aliphatic rings. The van der Waals surface area contributed by atoms with Gasteiger partial charge in [0, 0.05) is 30.9 Å². The van der Waals surface area contributed by atoms with Crippen molar-refractivity contribution in [2.75, 3.05) is 63.4 Å². The molecule has 0 aliphatic heterocycles. The normalized spacial score (nSPS) is 14.5. The van der Waals surface area contributed by atoms with Crippen molar-refractivity contribution < 1.29 is 28.5 Å². The highest BCUT2D eigenvalue weighted by Crippen LogP contribution is 2.49. The standard InChI is InChI=1S/C51H50N4O6/c1-5-58-49(56)40(35-52)33-37-11-19-44(20-12-37)54(3)29-31-60-46-23-15-42(16-24-46)51(28-27-39-9-7-8-10-48(39)51)43-17-25-47(26-18-43)61-32-30-55(4)45-21-13-38(14-22-45)34-41(36-53)50(57)59-6-2/h7-26,33-34H,5-6,27-32H2,1-4H3. The van der Waals surface area contributed by atoms with Gasteiger partial charge in [-0.05, 0) is 121 Å². The van der Waals surface area contributed by atoms with E-state index in [4.69, 9.17) is 18.9 Å². The minimum atomic E-state index is -0.625. The number of ether oxygens (including phenoxy) is 4. The van der Waals surface area contributed by atoms with Crippen LogP contribution in [0.3, 0.4) is 0 Å². The zero-order chi connectivity index (χ0) is 43.2. The van der Waals surface area contributed by atoms with Gasteiger partial charge in [0.2, 0.25) is 0 Å². The Morgan fingerprint density at radius 1 is 0.623 bits per heavy atom. The van der Waals surface area contributed by atoms with E-state index in [2.05, 4.69) is 82.6 Å². The van der Waals surface area contributed by atoms with Crippen molar-refractivity contribution in [3.05, 3.63) is 166 Å². The molecule has 0 saturated carbocycles. The van der Waals surface area contributed by atoms with Gasteiger partial charge in [-0.2, -0.15) is 10.5 Å². The summed E-state index contributed by atoms with van der Waals surface area (Å²) < 4.78 is 22.3. The summed E-state index contributed by atoms with van der Waals surface area (Å²) >= 11 is 0. The van der Waals surface area contributed by atoms with Crippen LogP contribution in [0.25, 0.3) is 12.2 Å². The third kappa shape index (κ3) is 10.5. The average molecular weight is 815 g/mol. The Balaban J connectivity index is 1.06. The van der Waals surface area contributed by atoms with Gasteiger partial charge in [0.15, 0.2) is 0 Å². The maximum Gasteiger partial charge on any atom is 0.348 e. The fourth-order valence-corrected chi connectivity index (χ4v) is 7.58. The molecule has 0 aromatic heterocycles. The lowest BCUT2D eigenvalue weighted by molar-refractivity contribution is -0.138.